The highest BCUT2D eigenvalue weighted by atomic mass is 16.6. The molecule has 80 heavy (non-hydrogen) atoms. The molecule has 6 heteroatoms. The molecule has 0 saturated heterocycles. The van der Waals surface area contributed by atoms with Crippen molar-refractivity contribution in [2.45, 2.75) is 316 Å². The summed E-state index contributed by atoms with van der Waals surface area (Å²) in [6, 6.07) is 0. The maximum Gasteiger partial charge on any atom is 0.306 e. The summed E-state index contributed by atoms with van der Waals surface area (Å²) in [7, 11) is 0. The molecule has 0 N–H and O–H groups in total. The Hall–Kier alpha value is -4.19. The van der Waals surface area contributed by atoms with Crippen molar-refractivity contribution in [2.75, 3.05) is 13.2 Å². The van der Waals surface area contributed by atoms with Crippen LogP contribution in [0.5, 0.6) is 0 Å². The zero-order valence-corrected chi connectivity index (χ0v) is 52.3. The van der Waals surface area contributed by atoms with Crippen LogP contribution in [0.3, 0.4) is 0 Å². The van der Waals surface area contributed by atoms with Crippen LogP contribution in [0.25, 0.3) is 0 Å². The van der Waals surface area contributed by atoms with Crippen molar-refractivity contribution in [3.05, 3.63) is 122 Å². The van der Waals surface area contributed by atoms with Gasteiger partial charge in [0.2, 0.25) is 0 Å². The van der Waals surface area contributed by atoms with Gasteiger partial charge in [0.25, 0.3) is 0 Å². The molecule has 0 spiro atoms. The second kappa shape index (κ2) is 67.3. The van der Waals surface area contributed by atoms with Crippen molar-refractivity contribution in [1.29, 1.82) is 0 Å². The molecule has 0 heterocycles. The molecule has 0 aromatic rings. The minimum atomic E-state index is -0.811. The standard InChI is InChI=1S/C74H124O6/c1-4-7-10-13-16-19-22-25-27-28-29-30-31-32-33-34-35-36-37-38-39-40-41-42-43-44-45-46-47-50-52-55-58-61-64-67-73(76)79-70-71(69-78-72(75)66-63-60-57-54-51-48-24-21-18-15-12-9-6-3)80-74(77)68-65-62-59-56-53-49-26-23-20-17-14-11-8-5-2/h7,9-10,12,16,18-19,21,23,25-27,29-30,32-33,48,51,57,60,71H,4-6,8,11,13-15,17,20,22,24,28,31,34-47,49-50,52-56,58-59,61-70H2,1-3H3/b10-7-,12-9-,19-16-,21-18-,26-23-,27-25-,30-29-,33-32-,51-48-,60-57-. The van der Waals surface area contributed by atoms with E-state index in [1.165, 1.54) is 154 Å². The third kappa shape index (κ3) is 64.6. The molecule has 456 valence electrons. The molecule has 0 aromatic carbocycles. The number of ether oxygens (including phenoxy) is 3. The van der Waals surface area contributed by atoms with Gasteiger partial charge in [-0.25, -0.2) is 0 Å². The van der Waals surface area contributed by atoms with Gasteiger partial charge in [-0.3, -0.25) is 14.4 Å². The first-order valence-electron chi connectivity index (χ1n) is 33.5. The Balaban J connectivity index is 4.14. The molecule has 0 saturated carbocycles. The molecule has 0 aromatic heterocycles. The van der Waals surface area contributed by atoms with Crippen LogP contribution in [0.2, 0.25) is 0 Å². The van der Waals surface area contributed by atoms with Gasteiger partial charge in [-0.2, -0.15) is 0 Å². The van der Waals surface area contributed by atoms with Crippen molar-refractivity contribution in [3.63, 3.8) is 0 Å². The van der Waals surface area contributed by atoms with Crippen molar-refractivity contribution >= 4 is 17.9 Å². The topological polar surface area (TPSA) is 78.9 Å². The molecule has 0 bridgehead atoms. The fourth-order valence-electron chi connectivity index (χ4n) is 9.24. The molecule has 1 unspecified atom stereocenters. The van der Waals surface area contributed by atoms with E-state index in [2.05, 4.69) is 136 Å². The second-order valence-electron chi connectivity index (χ2n) is 22.0. The Morgan fingerprint density at radius 3 is 0.850 bits per heavy atom. The van der Waals surface area contributed by atoms with E-state index in [9.17, 15) is 14.4 Å². The van der Waals surface area contributed by atoms with Crippen LogP contribution < -0.4 is 0 Å². The van der Waals surface area contributed by atoms with Gasteiger partial charge in [-0.1, -0.05) is 296 Å². The van der Waals surface area contributed by atoms with Crippen LogP contribution in [0.4, 0.5) is 0 Å². The second-order valence-corrected chi connectivity index (χ2v) is 22.0. The van der Waals surface area contributed by atoms with Crippen LogP contribution in [-0.4, -0.2) is 37.2 Å². The van der Waals surface area contributed by atoms with Crippen molar-refractivity contribution < 1.29 is 28.6 Å². The van der Waals surface area contributed by atoms with Gasteiger partial charge in [0.15, 0.2) is 6.10 Å². The lowest BCUT2D eigenvalue weighted by Crippen LogP contribution is -2.30. The molecular formula is C74H124O6. The van der Waals surface area contributed by atoms with E-state index >= 15 is 0 Å². The molecule has 1 atom stereocenters. The van der Waals surface area contributed by atoms with Crippen LogP contribution in [0.15, 0.2) is 122 Å². The zero-order valence-electron chi connectivity index (χ0n) is 52.3. The summed E-state index contributed by atoms with van der Waals surface area (Å²) in [4.78, 5) is 38.2. The number of unbranched alkanes of at least 4 members (excludes halogenated alkanes) is 29. The van der Waals surface area contributed by atoms with Gasteiger partial charge < -0.3 is 14.2 Å². The average molecular weight is 1110 g/mol. The number of carbonyl (C=O) groups excluding carboxylic acids is 3. The smallest absolute Gasteiger partial charge is 0.306 e. The summed E-state index contributed by atoms with van der Waals surface area (Å²) < 4.78 is 16.8. The number of rotatable bonds is 60. The number of hydrogen-bond acceptors (Lipinski definition) is 6. The van der Waals surface area contributed by atoms with Crippen molar-refractivity contribution in [3.8, 4) is 0 Å². The lowest BCUT2D eigenvalue weighted by atomic mass is 10.0. The van der Waals surface area contributed by atoms with Crippen LogP contribution >= 0.6 is 0 Å². The molecule has 0 amide bonds. The number of carbonyl (C=O) groups is 3. The SMILES string of the molecule is CC/C=C\C/C=C\C/C=C\C/C=C\C/C=C\CCCCCCCCCCCCCCCCCCCCCC(=O)OCC(COC(=O)CC/C=C\C/C=C\C/C=C\C/C=C\CC)OC(=O)CCCCCCC/C=C\CCCCCCC. The summed E-state index contributed by atoms with van der Waals surface area (Å²) in [5.74, 6) is -0.988. The van der Waals surface area contributed by atoms with Crippen LogP contribution in [0, 0.1) is 0 Å². The van der Waals surface area contributed by atoms with Gasteiger partial charge in [0, 0.05) is 19.3 Å². The molecule has 0 aliphatic heterocycles. The van der Waals surface area contributed by atoms with Gasteiger partial charge in [0.05, 0.1) is 0 Å². The third-order valence-corrected chi connectivity index (χ3v) is 14.2. The quantitative estimate of drug-likeness (QED) is 0.0261. The minimum absolute atomic E-state index is 0.102. The lowest BCUT2D eigenvalue weighted by Gasteiger charge is -2.18. The highest BCUT2D eigenvalue weighted by molar-refractivity contribution is 5.71. The molecule has 0 radical (unpaired) electrons. The fourth-order valence-corrected chi connectivity index (χ4v) is 9.24. The maximum absolute atomic E-state index is 12.9. The normalized spacial score (nSPS) is 12.9. The summed E-state index contributed by atoms with van der Waals surface area (Å²) in [5, 5.41) is 0. The Bertz CT molecular complexity index is 1650. The monoisotopic (exact) mass is 1110 g/mol. The number of allylic oxidation sites excluding steroid dienone is 20. The van der Waals surface area contributed by atoms with E-state index in [1.54, 1.807) is 0 Å². The van der Waals surface area contributed by atoms with E-state index in [1.807, 2.05) is 6.08 Å². The van der Waals surface area contributed by atoms with Crippen LogP contribution in [-0.2, 0) is 28.6 Å². The number of esters is 3. The summed E-state index contributed by atoms with van der Waals surface area (Å²) in [6.45, 7) is 6.35. The van der Waals surface area contributed by atoms with E-state index in [-0.39, 0.29) is 37.5 Å². The Morgan fingerprint density at radius 1 is 0.263 bits per heavy atom. The molecule has 0 rings (SSSR count). The summed E-state index contributed by atoms with van der Waals surface area (Å²) >= 11 is 0. The molecular weight excluding hydrogens is 985 g/mol. The Kier molecular flexibility index (Phi) is 63.8. The largest absolute Gasteiger partial charge is 0.462 e. The first-order valence-corrected chi connectivity index (χ1v) is 33.5. The highest BCUT2D eigenvalue weighted by Gasteiger charge is 2.19. The van der Waals surface area contributed by atoms with E-state index in [4.69, 9.17) is 14.2 Å². The van der Waals surface area contributed by atoms with Gasteiger partial charge in [0.1, 0.15) is 13.2 Å². The Labute approximate surface area is 494 Å². The summed E-state index contributed by atoms with van der Waals surface area (Å²) in [6.07, 6.45) is 94.0. The van der Waals surface area contributed by atoms with Gasteiger partial charge in [-0.15, -0.1) is 0 Å². The molecule has 0 aliphatic rings. The fraction of sp³-hybridized carbons (Fsp3) is 0.689. The minimum Gasteiger partial charge on any atom is -0.462 e. The number of hydrogen-bond donors (Lipinski definition) is 0. The van der Waals surface area contributed by atoms with Crippen molar-refractivity contribution in [2.24, 2.45) is 0 Å². The van der Waals surface area contributed by atoms with Gasteiger partial charge >= 0.3 is 17.9 Å². The first kappa shape index (κ1) is 75.8. The molecule has 6 nitrogen and oxygen atoms in total. The van der Waals surface area contributed by atoms with E-state index in [0.29, 0.717) is 19.3 Å². The van der Waals surface area contributed by atoms with E-state index < -0.39 is 6.10 Å². The highest BCUT2D eigenvalue weighted by Crippen LogP contribution is 2.17. The third-order valence-electron chi connectivity index (χ3n) is 14.2. The van der Waals surface area contributed by atoms with Crippen LogP contribution in [0.1, 0.15) is 310 Å². The molecule has 0 aliphatic carbocycles. The Morgan fingerprint density at radius 2 is 0.512 bits per heavy atom. The molecule has 0 fully saturated rings. The lowest BCUT2D eigenvalue weighted by molar-refractivity contribution is -0.166. The first-order chi connectivity index (χ1) is 39.5. The van der Waals surface area contributed by atoms with Crippen molar-refractivity contribution in [1.82, 2.24) is 0 Å². The zero-order chi connectivity index (χ0) is 57.8. The summed E-state index contributed by atoms with van der Waals surface area (Å²) in [5.41, 5.74) is 0. The predicted octanol–water partition coefficient (Wildman–Crippen LogP) is 23.2. The van der Waals surface area contributed by atoms with E-state index in [0.717, 1.165) is 109 Å². The maximum atomic E-state index is 12.9. The predicted molar refractivity (Wildman–Crippen MR) is 348 cm³/mol. The average Bonchev–Trinajstić information content (AvgIpc) is 3.46. The van der Waals surface area contributed by atoms with Gasteiger partial charge in [-0.05, 0) is 116 Å².